The van der Waals surface area contributed by atoms with Crippen molar-refractivity contribution < 1.29 is 4.74 Å². The van der Waals surface area contributed by atoms with E-state index in [4.69, 9.17) is 10.1 Å². The normalized spacial score (nSPS) is 12.0. The first-order valence-electron chi connectivity index (χ1n) is 5.33. The summed E-state index contributed by atoms with van der Waals surface area (Å²) in [6.45, 7) is 2.88. The molecule has 0 fully saturated rings. The number of allylic oxidation sites excluding steroid dienone is 1. The van der Waals surface area contributed by atoms with Gasteiger partial charge in [0, 0.05) is 31.8 Å². The number of aryl methyl sites for hydroxylation is 1. The minimum atomic E-state index is 0.313. The van der Waals surface area contributed by atoms with Gasteiger partial charge in [-0.1, -0.05) is 0 Å². The van der Waals surface area contributed by atoms with Gasteiger partial charge in [0.05, 0.1) is 13.3 Å². The van der Waals surface area contributed by atoms with E-state index < -0.39 is 0 Å². The van der Waals surface area contributed by atoms with Gasteiger partial charge in [0.1, 0.15) is 4.62 Å². The lowest BCUT2D eigenvalue weighted by molar-refractivity contribution is 0.264. The SMILES string of the molecule is CCn1cc(C/C(C(=N)Br)=C(/NC)OC)cn1. The van der Waals surface area contributed by atoms with Gasteiger partial charge in [0.25, 0.3) is 0 Å². The maximum absolute atomic E-state index is 7.70. The molecule has 0 aliphatic carbocycles. The average Bonchev–Trinajstić information content (AvgIpc) is 2.77. The maximum atomic E-state index is 7.70. The highest BCUT2D eigenvalue weighted by atomic mass is 79.9. The zero-order chi connectivity index (χ0) is 12.8. The fourth-order valence-electron chi connectivity index (χ4n) is 1.51. The van der Waals surface area contributed by atoms with Gasteiger partial charge in [0.15, 0.2) is 5.88 Å². The number of methoxy groups -OCH3 is 1. The van der Waals surface area contributed by atoms with Gasteiger partial charge in [-0.05, 0) is 28.4 Å². The van der Waals surface area contributed by atoms with Crippen LogP contribution in [0.4, 0.5) is 0 Å². The Morgan fingerprint density at radius 3 is 2.76 bits per heavy atom. The summed E-state index contributed by atoms with van der Waals surface area (Å²) in [7, 11) is 3.35. The molecule has 0 aliphatic rings. The minimum Gasteiger partial charge on any atom is -0.482 e. The van der Waals surface area contributed by atoms with Gasteiger partial charge >= 0.3 is 0 Å². The maximum Gasteiger partial charge on any atom is 0.192 e. The summed E-state index contributed by atoms with van der Waals surface area (Å²) in [6.07, 6.45) is 4.38. The van der Waals surface area contributed by atoms with Crippen LogP contribution in [0.2, 0.25) is 0 Å². The van der Waals surface area contributed by atoms with Gasteiger partial charge in [0.2, 0.25) is 0 Å². The number of nitrogens with one attached hydrogen (secondary N) is 2. The predicted molar refractivity (Wildman–Crippen MR) is 71.4 cm³/mol. The van der Waals surface area contributed by atoms with Crippen molar-refractivity contribution >= 4 is 20.6 Å². The van der Waals surface area contributed by atoms with Crippen molar-refractivity contribution in [2.24, 2.45) is 0 Å². The second-order valence-corrected chi connectivity index (χ2v) is 4.25. The molecule has 17 heavy (non-hydrogen) atoms. The lowest BCUT2D eigenvalue weighted by Crippen LogP contribution is -2.15. The highest BCUT2D eigenvalue weighted by Gasteiger charge is 2.12. The van der Waals surface area contributed by atoms with Crippen LogP contribution < -0.4 is 5.32 Å². The van der Waals surface area contributed by atoms with Crippen molar-refractivity contribution in [3.63, 3.8) is 0 Å². The third-order valence-electron chi connectivity index (χ3n) is 2.36. The molecule has 2 N–H and O–H groups in total. The van der Waals surface area contributed by atoms with E-state index in [1.165, 1.54) is 0 Å². The topological polar surface area (TPSA) is 62.9 Å². The third-order valence-corrected chi connectivity index (χ3v) is 2.84. The van der Waals surface area contributed by atoms with Crippen LogP contribution in [0.3, 0.4) is 0 Å². The Bertz CT molecular complexity index is 419. The van der Waals surface area contributed by atoms with Crippen LogP contribution in [0.1, 0.15) is 12.5 Å². The van der Waals surface area contributed by atoms with E-state index in [0.717, 1.165) is 17.7 Å². The van der Waals surface area contributed by atoms with Crippen molar-refractivity contribution in [3.05, 3.63) is 29.4 Å². The number of rotatable bonds is 6. The molecule has 0 unspecified atom stereocenters. The summed E-state index contributed by atoms with van der Waals surface area (Å²) < 4.78 is 7.37. The van der Waals surface area contributed by atoms with Crippen LogP contribution in [0, 0.1) is 5.41 Å². The molecule has 0 aromatic carbocycles. The summed E-state index contributed by atoms with van der Waals surface area (Å²) in [5.74, 6) is 0.594. The second kappa shape index (κ2) is 6.44. The summed E-state index contributed by atoms with van der Waals surface area (Å²) in [5, 5.41) is 14.8. The van der Waals surface area contributed by atoms with Crippen molar-refractivity contribution in [1.29, 1.82) is 5.41 Å². The van der Waals surface area contributed by atoms with E-state index in [2.05, 4.69) is 26.3 Å². The smallest absolute Gasteiger partial charge is 0.192 e. The Morgan fingerprint density at radius 1 is 1.65 bits per heavy atom. The Morgan fingerprint density at radius 2 is 2.35 bits per heavy atom. The monoisotopic (exact) mass is 300 g/mol. The first kappa shape index (κ1) is 13.8. The van der Waals surface area contributed by atoms with Gasteiger partial charge in [-0.15, -0.1) is 0 Å². The molecule has 0 aliphatic heterocycles. The lowest BCUT2D eigenvalue weighted by atomic mass is 10.1. The van der Waals surface area contributed by atoms with Crippen LogP contribution in [0.5, 0.6) is 0 Å². The van der Waals surface area contributed by atoms with Gasteiger partial charge in [-0.2, -0.15) is 5.10 Å². The molecular weight excluding hydrogens is 284 g/mol. The number of hydrogen-bond donors (Lipinski definition) is 2. The predicted octanol–water partition coefficient (Wildman–Crippen LogP) is 1.90. The van der Waals surface area contributed by atoms with Crippen LogP contribution in [0.25, 0.3) is 0 Å². The molecule has 1 rings (SSSR count). The average molecular weight is 301 g/mol. The fraction of sp³-hybridized carbons (Fsp3) is 0.455. The van der Waals surface area contributed by atoms with Crippen LogP contribution >= 0.6 is 15.9 Å². The van der Waals surface area contributed by atoms with E-state index in [9.17, 15) is 0 Å². The Kier molecular flexibility index (Phi) is 5.21. The lowest BCUT2D eigenvalue weighted by Gasteiger charge is -2.11. The molecule has 1 heterocycles. The summed E-state index contributed by atoms with van der Waals surface area (Å²) in [5.41, 5.74) is 1.82. The summed E-state index contributed by atoms with van der Waals surface area (Å²) in [4.78, 5) is 0. The molecule has 0 saturated carbocycles. The van der Waals surface area contributed by atoms with E-state index in [1.807, 2.05) is 24.0 Å². The van der Waals surface area contributed by atoms with Crippen molar-refractivity contribution in [1.82, 2.24) is 15.1 Å². The van der Waals surface area contributed by atoms with Crippen molar-refractivity contribution in [3.8, 4) is 0 Å². The molecule has 1 aromatic rings. The Labute approximate surface area is 109 Å². The highest BCUT2D eigenvalue weighted by molar-refractivity contribution is 9.18. The number of aromatic nitrogens is 2. The first-order chi connectivity index (χ1) is 8.12. The molecule has 1 aromatic heterocycles. The van der Waals surface area contributed by atoms with Gasteiger partial charge in [-0.3, -0.25) is 10.1 Å². The molecule has 0 saturated heterocycles. The molecule has 0 atom stereocenters. The molecule has 6 heteroatoms. The largest absolute Gasteiger partial charge is 0.482 e. The number of ether oxygens (including phenoxy) is 1. The molecule has 0 spiro atoms. The Hall–Kier alpha value is -1.30. The first-order valence-corrected chi connectivity index (χ1v) is 6.12. The third kappa shape index (κ3) is 3.59. The molecule has 94 valence electrons. The number of hydrogen-bond acceptors (Lipinski definition) is 4. The quantitative estimate of drug-likeness (QED) is 0.623. The molecular formula is C11H17BrN4O. The zero-order valence-electron chi connectivity index (χ0n) is 10.2. The molecule has 0 radical (unpaired) electrons. The van der Waals surface area contributed by atoms with Crippen LogP contribution in [-0.4, -0.2) is 28.6 Å². The van der Waals surface area contributed by atoms with E-state index in [-0.39, 0.29) is 0 Å². The summed E-state index contributed by atoms with van der Waals surface area (Å²) in [6, 6.07) is 0. The van der Waals surface area contributed by atoms with Crippen molar-refractivity contribution in [2.45, 2.75) is 19.9 Å². The van der Waals surface area contributed by atoms with Crippen LogP contribution in [-0.2, 0) is 17.7 Å². The summed E-state index contributed by atoms with van der Waals surface area (Å²) >= 11 is 3.18. The molecule has 5 nitrogen and oxygen atoms in total. The second-order valence-electron chi connectivity index (χ2n) is 3.46. The van der Waals surface area contributed by atoms with Crippen molar-refractivity contribution in [2.75, 3.05) is 14.2 Å². The van der Waals surface area contributed by atoms with Gasteiger partial charge in [-0.25, -0.2) is 0 Å². The van der Waals surface area contributed by atoms with Crippen LogP contribution in [0.15, 0.2) is 23.8 Å². The molecule has 0 bridgehead atoms. The van der Waals surface area contributed by atoms with Gasteiger partial charge < -0.3 is 10.1 Å². The van der Waals surface area contributed by atoms with E-state index in [1.54, 1.807) is 14.2 Å². The van der Waals surface area contributed by atoms with E-state index >= 15 is 0 Å². The fourth-order valence-corrected chi connectivity index (χ4v) is 1.83. The van der Waals surface area contributed by atoms with E-state index in [0.29, 0.717) is 16.9 Å². The Balaban J connectivity index is 2.94. The highest BCUT2D eigenvalue weighted by Crippen LogP contribution is 2.15. The standard InChI is InChI=1S/C11H17BrN4O/c1-4-16-7-8(6-15-16)5-9(10(12)13)11(14-2)17-3/h6-7,13-14H,4-5H2,1-3H3/b11-9+,13-10?. The number of nitrogens with zero attached hydrogens (tertiary/aromatic N) is 2. The number of halogens is 1. The minimum absolute atomic E-state index is 0.313. The zero-order valence-corrected chi connectivity index (χ0v) is 11.8. The molecule has 0 amide bonds.